The predicted octanol–water partition coefficient (Wildman–Crippen LogP) is 3.13. The molecule has 0 saturated carbocycles. The van der Waals surface area contributed by atoms with Crippen LogP contribution in [-0.2, 0) is 22.7 Å². The molecule has 0 aliphatic carbocycles. The van der Waals surface area contributed by atoms with Crippen molar-refractivity contribution in [2.45, 2.75) is 38.5 Å². The molecule has 0 fully saturated rings. The first kappa shape index (κ1) is 15.2. The second-order valence-electron chi connectivity index (χ2n) is 4.65. The van der Waals surface area contributed by atoms with Crippen molar-refractivity contribution < 1.29 is 9.29 Å². The first-order chi connectivity index (χ1) is 8.56. The van der Waals surface area contributed by atoms with Crippen molar-refractivity contribution in [3.8, 4) is 0 Å². The molecule has 0 bridgehead atoms. The number of hydrogen-bond acceptors (Lipinski definition) is 3. The number of ether oxygens (including phenoxy) is 1. The molecule has 1 aromatic rings. The van der Waals surface area contributed by atoms with Gasteiger partial charge < -0.3 is 9.29 Å². The minimum Gasteiger partial charge on any atom is -0.591 e. The summed E-state index contributed by atoms with van der Waals surface area (Å²) in [7, 11) is 0. The van der Waals surface area contributed by atoms with Crippen LogP contribution in [0.1, 0.15) is 32.8 Å². The third-order valence-corrected chi connectivity index (χ3v) is 4.37. The van der Waals surface area contributed by atoms with E-state index in [-0.39, 0.29) is 4.75 Å². The average Bonchev–Trinajstić information content (AvgIpc) is 2.39. The zero-order valence-electron chi connectivity index (χ0n) is 11.3. The Kier molecular flexibility index (Phi) is 6.39. The van der Waals surface area contributed by atoms with Crippen molar-refractivity contribution in [1.82, 2.24) is 0 Å². The minimum atomic E-state index is -1.19. The molecule has 1 rings (SSSR count). The summed E-state index contributed by atoms with van der Waals surface area (Å²) in [5.41, 5.74) is 1.13. The highest BCUT2D eigenvalue weighted by atomic mass is 32.2. The molecule has 100 valence electrons. The van der Waals surface area contributed by atoms with Crippen LogP contribution >= 0.6 is 0 Å². The van der Waals surface area contributed by atoms with Gasteiger partial charge in [0.05, 0.1) is 19.4 Å². The standard InChI is InChI=1S/C14H21NO2S/c1-4-14(2,3)18(16)15-10-11-17-12-13-8-6-5-7-9-13/h5-10H,4,11-12H2,1-3H3/b15-10+. The van der Waals surface area contributed by atoms with Crippen molar-refractivity contribution >= 4 is 17.6 Å². The van der Waals surface area contributed by atoms with Crippen molar-refractivity contribution in [2.75, 3.05) is 6.61 Å². The molecule has 1 unspecified atom stereocenters. The Bertz CT molecular complexity index is 365. The summed E-state index contributed by atoms with van der Waals surface area (Å²) in [6.07, 6.45) is 2.43. The van der Waals surface area contributed by atoms with E-state index in [1.807, 2.05) is 51.1 Å². The lowest BCUT2D eigenvalue weighted by Gasteiger charge is -2.21. The summed E-state index contributed by atoms with van der Waals surface area (Å²) in [5, 5.41) is 0. The van der Waals surface area contributed by atoms with E-state index in [9.17, 15) is 4.55 Å². The third-order valence-electron chi connectivity index (χ3n) is 2.80. The first-order valence-electron chi connectivity index (χ1n) is 6.12. The number of nitrogens with zero attached hydrogens (tertiary/aromatic N) is 1. The van der Waals surface area contributed by atoms with Gasteiger partial charge >= 0.3 is 0 Å². The lowest BCUT2D eigenvalue weighted by molar-refractivity contribution is 0.160. The highest BCUT2D eigenvalue weighted by Gasteiger charge is 2.29. The second kappa shape index (κ2) is 7.56. The molecular weight excluding hydrogens is 246 g/mol. The third kappa shape index (κ3) is 5.21. The van der Waals surface area contributed by atoms with Gasteiger partial charge in [-0.05, 0) is 25.8 Å². The maximum Gasteiger partial charge on any atom is 0.147 e. The maximum atomic E-state index is 11.8. The molecule has 3 nitrogen and oxygen atoms in total. The van der Waals surface area contributed by atoms with Gasteiger partial charge in [0.2, 0.25) is 0 Å². The molecule has 1 aromatic carbocycles. The molecule has 0 aliphatic heterocycles. The van der Waals surface area contributed by atoms with Crippen LogP contribution < -0.4 is 0 Å². The SMILES string of the molecule is CCC(C)(C)[S+]([O-])/N=C/COCc1ccccc1. The van der Waals surface area contributed by atoms with Crippen molar-refractivity contribution in [3.05, 3.63) is 35.9 Å². The monoisotopic (exact) mass is 267 g/mol. The number of benzene rings is 1. The molecule has 1 atom stereocenters. The molecule has 18 heavy (non-hydrogen) atoms. The molecule has 0 saturated heterocycles. The van der Waals surface area contributed by atoms with Gasteiger partial charge in [-0.25, -0.2) is 0 Å². The van der Waals surface area contributed by atoms with Gasteiger partial charge in [0.15, 0.2) is 0 Å². The van der Waals surface area contributed by atoms with Crippen molar-refractivity contribution in [1.29, 1.82) is 0 Å². The summed E-state index contributed by atoms with van der Waals surface area (Å²) >= 11 is -1.19. The quantitative estimate of drug-likeness (QED) is 0.433. The van der Waals surface area contributed by atoms with E-state index in [1.54, 1.807) is 6.21 Å². The van der Waals surface area contributed by atoms with Gasteiger partial charge in [-0.1, -0.05) is 41.7 Å². The Morgan fingerprint density at radius 2 is 2.00 bits per heavy atom. The predicted molar refractivity (Wildman–Crippen MR) is 77.1 cm³/mol. The average molecular weight is 267 g/mol. The van der Waals surface area contributed by atoms with Crippen molar-refractivity contribution in [2.24, 2.45) is 4.40 Å². The normalized spacial score (nSPS) is 14.0. The zero-order chi connectivity index (χ0) is 13.4. The van der Waals surface area contributed by atoms with Gasteiger partial charge in [0.25, 0.3) is 0 Å². The van der Waals surface area contributed by atoms with E-state index >= 15 is 0 Å². The molecule has 0 aromatic heterocycles. The van der Waals surface area contributed by atoms with Gasteiger partial charge in [-0.15, -0.1) is 0 Å². The zero-order valence-corrected chi connectivity index (χ0v) is 12.1. The Morgan fingerprint density at radius 1 is 1.33 bits per heavy atom. The van der Waals surface area contributed by atoms with E-state index in [1.165, 1.54) is 0 Å². The molecule has 4 heteroatoms. The van der Waals surface area contributed by atoms with Crippen molar-refractivity contribution in [3.63, 3.8) is 0 Å². The number of rotatable bonds is 7. The molecule has 0 amide bonds. The van der Waals surface area contributed by atoms with E-state index in [2.05, 4.69) is 4.40 Å². The largest absolute Gasteiger partial charge is 0.591 e. The summed E-state index contributed by atoms with van der Waals surface area (Å²) < 4.78 is 21.0. The van der Waals surface area contributed by atoms with Gasteiger partial charge in [-0.3, -0.25) is 0 Å². The highest BCUT2D eigenvalue weighted by molar-refractivity contribution is 7.91. The van der Waals surface area contributed by atoms with Crippen LogP contribution in [0.5, 0.6) is 0 Å². The van der Waals surface area contributed by atoms with Crippen LogP contribution in [0.3, 0.4) is 0 Å². The lowest BCUT2D eigenvalue weighted by atomic mass is 10.1. The van der Waals surface area contributed by atoms with Crippen LogP contribution in [0.25, 0.3) is 0 Å². The smallest absolute Gasteiger partial charge is 0.147 e. The molecule has 0 aliphatic rings. The topological polar surface area (TPSA) is 44.7 Å². The van der Waals surface area contributed by atoms with E-state index in [0.29, 0.717) is 13.2 Å². The van der Waals surface area contributed by atoms with E-state index < -0.39 is 11.4 Å². The van der Waals surface area contributed by atoms with Crippen LogP contribution in [0, 0.1) is 0 Å². The van der Waals surface area contributed by atoms with E-state index in [4.69, 9.17) is 4.74 Å². The Labute approximate surface area is 113 Å². The van der Waals surface area contributed by atoms with Crippen LogP contribution in [0.2, 0.25) is 0 Å². The molecule has 0 heterocycles. The fraction of sp³-hybridized carbons (Fsp3) is 0.500. The Balaban J connectivity index is 2.26. The van der Waals surface area contributed by atoms with Crippen LogP contribution in [0.4, 0.5) is 0 Å². The Morgan fingerprint density at radius 3 is 2.61 bits per heavy atom. The molecular formula is C14H21NO2S. The maximum absolute atomic E-state index is 11.8. The highest BCUT2D eigenvalue weighted by Crippen LogP contribution is 2.21. The van der Waals surface area contributed by atoms with Crippen LogP contribution in [0.15, 0.2) is 34.7 Å². The van der Waals surface area contributed by atoms with Gasteiger partial charge in [0.1, 0.15) is 16.1 Å². The molecule has 0 N–H and O–H groups in total. The lowest BCUT2D eigenvalue weighted by Crippen LogP contribution is -2.29. The summed E-state index contributed by atoms with van der Waals surface area (Å²) in [6, 6.07) is 9.95. The van der Waals surface area contributed by atoms with Gasteiger partial charge in [0, 0.05) is 0 Å². The van der Waals surface area contributed by atoms with Gasteiger partial charge in [-0.2, -0.15) is 0 Å². The fourth-order valence-corrected chi connectivity index (χ4v) is 1.90. The Hall–Kier alpha value is -0.840. The van der Waals surface area contributed by atoms with E-state index in [0.717, 1.165) is 12.0 Å². The summed E-state index contributed by atoms with van der Waals surface area (Å²) in [6.45, 7) is 6.85. The van der Waals surface area contributed by atoms with Crippen LogP contribution in [-0.4, -0.2) is 22.1 Å². The summed E-state index contributed by atoms with van der Waals surface area (Å²) in [4.78, 5) is 0. The first-order valence-corrected chi connectivity index (χ1v) is 7.23. The minimum absolute atomic E-state index is 0.268. The second-order valence-corrected chi connectivity index (χ2v) is 6.47. The fourth-order valence-electron chi connectivity index (χ4n) is 1.17. The molecule has 0 spiro atoms. The molecule has 0 radical (unpaired) electrons. The number of hydrogen-bond donors (Lipinski definition) is 0. The summed E-state index contributed by atoms with van der Waals surface area (Å²) in [5.74, 6) is 0.